The minimum Gasteiger partial charge on any atom is -0.486 e. The van der Waals surface area contributed by atoms with Crippen LogP contribution in [0.25, 0.3) is 0 Å². The lowest BCUT2D eigenvalue weighted by Gasteiger charge is -2.11. The van der Waals surface area contributed by atoms with E-state index >= 15 is 0 Å². The monoisotopic (exact) mass is 416 g/mol. The van der Waals surface area contributed by atoms with Crippen LogP contribution in [0.2, 0.25) is 0 Å². The van der Waals surface area contributed by atoms with Crippen molar-refractivity contribution in [2.24, 2.45) is 0 Å². The minimum atomic E-state index is -4.53. The number of nitrogens with one attached hydrogen (secondary N) is 1. The van der Waals surface area contributed by atoms with Crippen molar-refractivity contribution in [1.29, 1.82) is 5.26 Å². The highest BCUT2D eigenvalue weighted by atomic mass is 19.4. The number of hydrogen-bond donors (Lipinski definition) is 1. The summed E-state index contributed by atoms with van der Waals surface area (Å²) in [6.07, 6.45) is -4.53. The summed E-state index contributed by atoms with van der Waals surface area (Å²) in [7, 11) is 0. The number of carbonyl (C=O) groups excluding carboxylic acids is 1. The Morgan fingerprint density at radius 2 is 1.83 bits per heavy atom. The Hall–Kier alpha value is -3.93. The average molecular weight is 416 g/mol. The third kappa shape index (κ3) is 5.78. The fraction of sp³-hybridized carbons (Fsp3) is 0.143. The van der Waals surface area contributed by atoms with Gasteiger partial charge < -0.3 is 19.2 Å². The molecule has 3 rings (SSSR count). The predicted octanol–water partition coefficient (Wildman–Crippen LogP) is 4.92. The Bertz CT molecular complexity index is 1060. The molecule has 0 atom stereocenters. The number of ether oxygens (including phenoxy) is 2. The van der Waals surface area contributed by atoms with E-state index in [1.54, 1.807) is 24.3 Å². The van der Waals surface area contributed by atoms with Crippen LogP contribution in [-0.4, -0.2) is 18.7 Å². The largest absolute Gasteiger partial charge is 0.486 e. The SMILES string of the molecule is N#Cc1cc(NC(=O)c2ccc(COc3ccccc3)o2)ccc1OCC(F)(F)F. The molecular weight excluding hydrogens is 401 g/mol. The summed E-state index contributed by atoms with van der Waals surface area (Å²) in [4.78, 5) is 12.3. The van der Waals surface area contributed by atoms with Crippen molar-refractivity contribution >= 4 is 11.6 Å². The fourth-order valence-electron chi connectivity index (χ4n) is 2.42. The maximum Gasteiger partial charge on any atom is 0.422 e. The van der Waals surface area contributed by atoms with Crippen LogP contribution in [0.3, 0.4) is 0 Å². The van der Waals surface area contributed by atoms with Crippen molar-refractivity contribution in [1.82, 2.24) is 0 Å². The zero-order valence-electron chi connectivity index (χ0n) is 15.4. The molecule has 0 spiro atoms. The molecule has 0 aliphatic rings. The summed E-state index contributed by atoms with van der Waals surface area (Å²) >= 11 is 0. The number of alkyl halides is 3. The molecule has 0 unspecified atom stereocenters. The molecular formula is C21H15F3N2O4. The Balaban J connectivity index is 1.62. The van der Waals surface area contributed by atoms with E-state index in [9.17, 15) is 18.0 Å². The van der Waals surface area contributed by atoms with E-state index < -0.39 is 18.7 Å². The molecule has 0 aliphatic carbocycles. The molecule has 9 heteroatoms. The third-order valence-corrected chi connectivity index (χ3v) is 3.76. The summed E-state index contributed by atoms with van der Waals surface area (Å²) in [6.45, 7) is -1.39. The number of amides is 1. The zero-order chi connectivity index (χ0) is 21.6. The first-order valence-corrected chi connectivity index (χ1v) is 8.66. The van der Waals surface area contributed by atoms with Crippen LogP contribution in [0.5, 0.6) is 11.5 Å². The second-order valence-electron chi connectivity index (χ2n) is 6.05. The van der Waals surface area contributed by atoms with Gasteiger partial charge in [0, 0.05) is 5.69 Å². The number of benzene rings is 2. The number of rotatable bonds is 7. The van der Waals surface area contributed by atoms with Crippen LogP contribution in [0.15, 0.2) is 65.1 Å². The zero-order valence-corrected chi connectivity index (χ0v) is 15.4. The van der Waals surface area contributed by atoms with Gasteiger partial charge in [0.25, 0.3) is 5.91 Å². The maximum atomic E-state index is 12.3. The van der Waals surface area contributed by atoms with E-state index in [1.165, 1.54) is 24.3 Å². The van der Waals surface area contributed by atoms with Gasteiger partial charge in [-0.25, -0.2) is 0 Å². The Morgan fingerprint density at radius 3 is 2.53 bits per heavy atom. The molecule has 2 aromatic carbocycles. The lowest BCUT2D eigenvalue weighted by Crippen LogP contribution is -2.19. The van der Waals surface area contributed by atoms with E-state index in [2.05, 4.69) is 10.1 Å². The Kier molecular flexibility index (Phi) is 6.27. The van der Waals surface area contributed by atoms with Gasteiger partial charge in [-0.2, -0.15) is 18.4 Å². The summed E-state index contributed by atoms with van der Waals surface area (Å²) in [5.74, 6) is 0.270. The van der Waals surface area contributed by atoms with Crippen LogP contribution in [0.1, 0.15) is 21.9 Å². The first kappa shape index (κ1) is 20.8. The number of hydrogen-bond acceptors (Lipinski definition) is 5. The van der Waals surface area contributed by atoms with Crippen LogP contribution in [0.4, 0.5) is 18.9 Å². The number of carbonyl (C=O) groups is 1. The molecule has 0 radical (unpaired) electrons. The van der Waals surface area contributed by atoms with E-state index in [1.807, 2.05) is 18.2 Å². The van der Waals surface area contributed by atoms with Crippen molar-refractivity contribution in [3.05, 3.63) is 77.7 Å². The topological polar surface area (TPSA) is 84.5 Å². The molecule has 3 aromatic rings. The summed E-state index contributed by atoms with van der Waals surface area (Å²) in [5, 5.41) is 11.6. The number of furan rings is 1. The molecule has 0 aliphatic heterocycles. The molecule has 154 valence electrons. The van der Waals surface area contributed by atoms with Gasteiger partial charge in [0.05, 0.1) is 5.56 Å². The smallest absolute Gasteiger partial charge is 0.422 e. The van der Waals surface area contributed by atoms with Crippen molar-refractivity contribution in [2.75, 3.05) is 11.9 Å². The number of para-hydroxylation sites is 1. The lowest BCUT2D eigenvalue weighted by atomic mass is 10.2. The highest BCUT2D eigenvalue weighted by Gasteiger charge is 2.29. The van der Waals surface area contributed by atoms with Gasteiger partial charge in [-0.1, -0.05) is 18.2 Å². The van der Waals surface area contributed by atoms with Gasteiger partial charge in [-0.15, -0.1) is 0 Å². The van der Waals surface area contributed by atoms with Crippen molar-refractivity contribution in [3.8, 4) is 17.6 Å². The van der Waals surface area contributed by atoms with Crippen molar-refractivity contribution in [3.63, 3.8) is 0 Å². The predicted molar refractivity (Wildman–Crippen MR) is 100 cm³/mol. The maximum absolute atomic E-state index is 12.3. The second-order valence-corrected chi connectivity index (χ2v) is 6.05. The normalized spacial score (nSPS) is 10.9. The lowest BCUT2D eigenvalue weighted by molar-refractivity contribution is -0.153. The van der Waals surface area contributed by atoms with Gasteiger partial charge in [0.15, 0.2) is 12.4 Å². The molecule has 0 saturated carbocycles. The molecule has 1 aromatic heterocycles. The van der Waals surface area contributed by atoms with Gasteiger partial charge in [0.1, 0.15) is 29.9 Å². The van der Waals surface area contributed by atoms with Gasteiger partial charge in [0.2, 0.25) is 0 Å². The van der Waals surface area contributed by atoms with Crippen LogP contribution >= 0.6 is 0 Å². The summed E-state index contributed by atoms with van der Waals surface area (Å²) in [5.41, 5.74) is 0.0582. The van der Waals surface area contributed by atoms with Crippen molar-refractivity contribution < 1.29 is 31.9 Å². The standard InChI is InChI=1S/C21H15F3N2O4/c22-21(23,24)13-29-18-8-6-15(10-14(18)11-25)26-20(27)19-9-7-17(30-19)12-28-16-4-2-1-3-5-16/h1-10H,12-13H2,(H,26,27). The molecule has 1 heterocycles. The van der Waals surface area contributed by atoms with E-state index in [-0.39, 0.29) is 29.4 Å². The minimum absolute atomic E-state index is 0.0116. The number of anilines is 1. The van der Waals surface area contributed by atoms with Gasteiger partial charge >= 0.3 is 6.18 Å². The van der Waals surface area contributed by atoms with E-state index in [0.717, 1.165) is 0 Å². The molecule has 6 nitrogen and oxygen atoms in total. The molecule has 0 saturated heterocycles. The number of nitrogens with zero attached hydrogens (tertiary/aromatic N) is 1. The first-order chi connectivity index (χ1) is 14.3. The number of halogens is 3. The quantitative estimate of drug-likeness (QED) is 0.591. The number of nitriles is 1. The van der Waals surface area contributed by atoms with E-state index in [0.29, 0.717) is 11.5 Å². The molecule has 30 heavy (non-hydrogen) atoms. The first-order valence-electron chi connectivity index (χ1n) is 8.66. The Morgan fingerprint density at radius 1 is 1.07 bits per heavy atom. The van der Waals surface area contributed by atoms with Crippen LogP contribution < -0.4 is 14.8 Å². The van der Waals surface area contributed by atoms with E-state index in [4.69, 9.17) is 14.4 Å². The Labute approximate surface area is 169 Å². The molecule has 1 N–H and O–H groups in total. The highest BCUT2D eigenvalue weighted by molar-refractivity contribution is 6.02. The fourth-order valence-corrected chi connectivity index (χ4v) is 2.42. The summed E-state index contributed by atoms with van der Waals surface area (Å²) < 4.78 is 52.4. The van der Waals surface area contributed by atoms with Gasteiger partial charge in [-0.05, 0) is 42.5 Å². The molecule has 1 amide bonds. The average Bonchev–Trinajstić information content (AvgIpc) is 3.20. The van der Waals surface area contributed by atoms with Crippen molar-refractivity contribution in [2.45, 2.75) is 12.8 Å². The highest BCUT2D eigenvalue weighted by Crippen LogP contribution is 2.25. The van der Waals surface area contributed by atoms with Crippen LogP contribution in [-0.2, 0) is 6.61 Å². The second kappa shape index (κ2) is 9.05. The van der Waals surface area contributed by atoms with Crippen LogP contribution in [0, 0.1) is 11.3 Å². The molecule has 0 bridgehead atoms. The van der Waals surface area contributed by atoms with Gasteiger partial charge in [-0.3, -0.25) is 4.79 Å². The molecule has 0 fully saturated rings. The summed E-state index contributed by atoms with van der Waals surface area (Å²) in [6, 6.07) is 17.6. The third-order valence-electron chi connectivity index (χ3n) is 3.76.